The topological polar surface area (TPSA) is 74.2 Å². The maximum absolute atomic E-state index is 11.4. The minimum Gasteiger partial charge on any atom is -0.481 e. The van der Waals surface area contributed by atoms with Gasteiger partial charge in [0.1, 0.15) is 5.60 Å². The molecule has 18 atom stereocenters. The van der Waals surface area contributed by atoms with E-state index < -0.39 is 11.8 Å². The maximum Gasteiger partial charge on any atom is 0.303 e. The second kappa shape index (κ2) is 12.7. The van der Waals surface area contributed by atoms with Gasteiger partial charge in [0.05, 0.1) is 0 Å². The highest BCUT2D eigenvalue weighted by atomic mass is 16.9. The molecule has 8 unspecified atom stereocenters. The van der Waals surface area contributed by atoms with Crippen LogP contribution in [0.15, 0.2) is 0 Å². The molecule has 0 amide bonds. The molecule has 49 heavy (non-hydrogen) atoms. The third-order valence-electron chi connectivity index (χ3n) is 17.8. The fraction of sp³-hybridized carbons (Fsp3) is 0.977. The fourth-order valence-electron chi connectivity index (χ4n) is 15.4. The monoisotopic (exact) mass is 683 g/mol. The van der Waals surface area contributed by atoms with E-state index >= 15 is 0 Å². The molecule has 6 nitrogen and oxygen atoms in total. The van der Waals surface area contributed by atoms with E-state index in [1.54, 1.807) is 0 Å². The second-order valence-electron chi connectivity index (χ2n) is 20.2. The Bertz CT molecular complexity index is 1240. The third kappa shape index (κ3) is 5.55. The van der Waals surface area contributed by atoms with Crippen molar-refractivity contribution in [2.45, 2.75) is 175 Å². The smallest absolute Gasteiger partial charge is 0.303 e. The van der Waals surface area contributed by atoms with Gasteiger partial charge in [-0.25, -0.2) is 0 Å². The molecular formula is C43H70O6. The Kier molecular flexibility index (Phi) is 9.18. The van der Waals surface area contributed by atoms with Crippen LogP contribution in [-0.2, 0) is 23.7 Å². The lowest BCUT2D eigenvalue weighted by molar-refractivity contribution is -0.337. The average molecular weight is 683 g/mol. The number of hydrogen-bond acceptors (Lipinski definition) is 5. The van der Waals surface area contributed by atoms with E-state index in [2.05, 4.69) is 48.5 Å². The van der Waals surface area contributed by atoms with Crippen molar-refractivity contribution in [1.82, 2.24) is 0 Å². The first-order chi connectivity index (χ1) is 23.3. The van der Waals surface area contributed by atoms with Crippen LogP contribution in [0.2, 0.25) is 0 Å². The lowest BCUT2D eigenvalue weighted by Gasteiger charge is -2.63. The molecule has 3 aliphatic heterocycles. The molecule has 278 valence electrons. The van der Waals surface area contributed by atoms with Crippen molar-refractivity contribution in [3.05, 3.63) is 0 Å². The van der Waals surface area contributed by atoms with E-state index in [0.717, 1.165) is 61.4 Å². The number of aliphatic carboxylic acids is 1. The van der Waals surface area contributed by atoms with Crippen LogP contribution in [0.4, 0.5) is 0 Å². The highest BCUT2D eigenvalue weighted by molar-refractivity contribution is 5.66. The molecule has 8 fully saturated rings. The minimum atomic E-state index is -0.636. The van der Waals surface area contributed by atoms with Crippen LogP contribution in [0.25, 0.3) is 0 Å². The van der Waals surface area contributed by atoms with Crippen LogP contribution in [0.3, 0.4) is 0 Å². The van der Waals surface area contributed by atoms with Gasteiger partial charge in [-0.05, 0) is 160 Å². The van der Waals surface area contributed by atoms with Gasteiger partial charge in [-0.15, -0.1) is 0 Å². The minimum absolute atomic E-state index is 0.213. The van der Waals surface area contributed by atoms with Crippen LogP contribution < -0.4 is 0 Å². The van der Waals surface area contributed by atoms with Gasteiger partial charge in [-0.3, -0.25) is 4.79 Å². The largest absolute Gasteiger partial charge is 0.481 e. The Hall–Kier alpha value is -0.690. The summed E-state index contributed by atoms with van der Waals surface area (Å²) in [5, 5.41) is 9.41. The number of hydrogen-bond donors (Lipinski definition) is 1. The zero-order chi connectivity index (χ0) is 34.5. The lowest BCUT2D eigenvalue weighted by atomic mass is 9.41. The van der Waals surface area contributed by atoms with E-state index in [0.29, 0.717) is 52.8 Å². The molecule has 8 rings (SSSR count). The van der Waals surface area contributed by atoms with Crippen LogP contribution in [-0.4, -0.2) is 41.7 Å². The first-order valence-electron chi connectivity index (χ1n) is 21.2. The number of fused-ring (bicyclic) bond motifs is 6. The van der Waals surface area contributed by atoms with E-state index in [-0.39, 0.29) is 18.2 Å². The molecule has 5 saturated carbocycles. The van der Waals surface area contributed by atoms with Gasteiger partial charge in [0.15, 0.2) is 18.4 Å². The molecule has 0 aromatic heterocycles. The number of carboxylic acid groups (broad SMARTS) is 1. The van der Waals surface area contributed by atoms with Crippen molar-refractivity contribution in [2.24, 2.45) is 81.8 Å². The molecule has 1 N–H and O–H groups in total. The highest BCUT2D eigenvalue weighted by Gasteiger charge is 2.71. The Morgan fingerprint density at radius 1 is 0.857 bits per heavy atom. The molecule has 6 heteroatoms. The molecule has 1 spiro atoms. The highest BCUT2D eigenvalue weighted by Crippen LogP contribution is 2.70. The normalized spacial score (nSPS) is 55.1. The zero-order valence-electron chi connectivity index (χ0n) is 32.1. The Balaban J connectivity index is 0.942. The summed E-state index contributed by atoms with van der Waals surface area (Å²) in [5.41, 5.74) is 0.542. The lowest BCUT2D eigenvalue weighted by Crippen LogP contribution is -2.66. The molecule has 3 heterocycles. The van der Waals surface area contributed by atoms with Crippen molar-refractivity contribution in [3.63, 3.8) is 0 Å². The van der Waals surface area contributed by atoms with E-state index in [9.17, 15) is 9.90 Å². The molecule has 0 aromatic rings. The summed E-state index contributed by atoms with van der Waals surface area (Å²) in [6, 6.07) is 0. The summed E-state index contributed by atoms with van der Waals surface area (Å²) in [7, 11) is 0. The molecule has 0 aromatic carbocycles. The zero-order valence-corrected chi connectivity index (χ0v) is 32.1. The molecule has 0 radical (unpaired) electrons. The maximum atomic E-state index is 11.4. The van der Waals surface area contributed by atoms with Gasteiger partial charge >= 0.3 is 5.97 Å². The van der Waals surface area contributed by atoms with Crippen molar-refractivity contribution < 1.29 is 28.8 Å². The van der Waals surface area contributed by atoms with Gasteiger partial charge in [0.25, 0.3) is 0 Å². The van der Waals surface area contributed by atoms with Gasteiger partial charge in [0, 0.05) is 31.3 Å². The molecule has 3 saturated heterocycles. The van der Waals surface area contributed by atoms with E-state index in [1.165, 1.54) is 77.0 Å². The standard InChI is InChI=1S/C43H70O6/c1-25-16-19-41(6)35-17-20-40(5)31(26(2)11-15-37(44)45)13-14-34(40)30(35)24-29(36(41)23-25)9-8-22-46-38-28(4)33-12-10-27(3)32-18-21-42(7)48-39(47-38)43(32,33)49-42/h25-36,38-39H,8-24H2,1-7H3,(H,44,45)/t25-,26-,27-,28-,29+,30?,31-,32?,33?,34?,35?,36?,38?,39?,40-,41-,42-,43-/m1/s1. The van der Waals surface area contributed by atoms with Gasteiger partial charge < -0.3 is 24.1 Å². The Labute approximate surface area is 297 Å². The summed E-state index contributed by atoms with van der Waals surface area (Å²) in [4.78, 5) is 11.4. The van der Waals surface area contributed by atoms with Gasteiger partial charge in [-0.2, -0.15) is 0 Å². The van der Waals surface area contributed by atoms with Crippen LogP contribution >= 0.6 is 0 Å². The van der Waals surface area contributed by atoms with Crippen LogP contribution in [0, 0.1) is 81.8 Å². The number of rotatable bonds is 9. The van der Waals surface area contributed by atoms with Crippen molar-refractivity contribution in [1.29, 1.82) is 0 Å². The van der Waals surface area contributed by atoms with E-state index in [4.69, 9.17) is 18.9 Å². The number of carboxylic acids is 1. The van der Waals surface area contributed by atoms with Crippen LogP contribution in [0.5, 0.6) is 0 Å². The van der Waals surface area contributed by atoms with Crippen molar-refractivity contribution in [2.75, 3.05) is 6.61 Å². The average Bonchev–Trinajstić information content (AvgIpc) is 3.52. The predicted molar refractivity (Wildman–Crippen MR) is 190 cm³/mol. The number of carbonyl (C=O) groups is 1. The van der Waals surface area contributed by atoms with Crippen LogP contribution in [0.1, 0.15) is 151 Å². The summed E-state index contributed by atoms with van der Waals surface area (Å²) >= 11 is 0. The van der Waals surface area contributed by atoms with Gasteiger partial charge in [-0.1, -0.05) is 48.0 Å². The second-order valence-corrected chi connectivity index (χ2v) is 20.2. The first kappa shape index (κ1) is 35.3. The fourth-order valence-corrected chi connectivity index (χ4v) is 15.4. The van der Waals surface area contributed by atoms with Gasteiger partial charge in [0.2, 0.25) is 0 Å². The van der Waals surface area contributed by atoms with E-state index in [1.807, 2.05) is 0 Å². The molecular weight excluding hydrogens is 612 g/mol. The Morgan fingerprint density at radius 3 is 2.39 bits per heavy atom. The summed E-state index contributed by atoms with van der Waals surface area (Å²) < 4.78 is 27.0. The molecule has 8 aliphatic rings. The molecule has 2 bridgehead atoms. The predicted octanol–water partition coefficient (Wildman–Crippen LogP) is 10.1. The van der Waals surface area contributed by atoms with Crippen molar-refractivity contribution >= 4 is 5.97 Å². The summed E-state index contributed by atoms with van der Waals surface area (Å²) in [5.74, 6) is 6.90. The third-order valence-corrected chi connectivity index (χ3v) is 17.8. The quantitative estimate of drug-likeness (QED) is 0.244. The molecule has 5 aliphatic carbocycles. The summed E-state index contributed by atoms with van der Waals surface area (Å²) in [6.07, 6.45) is 18.6. The summed E-state index contributed by atoms with van der Waals surface area (Å²) in [6.45, 7) is 17.9. The SMILES string of the molecule is C[C@@H]1CC[C@]2(C)C3CC[C@@]4(C)C(CC[C@@H]4[C@H](C)CCC(=O)O)C3C[C@H](CCCOC3OC4O[C@@]5(C)CCC6[C@H](C)CCC([C@H]3C)[C@@]46O5)C2C1. The first-order valence-corrected chi connectivity index (χ1v) is 21.2. The number of ether oxygens (including phenoxy) is 4. The van der Waals surface area contributed by atoms with Crippen molar-refractivity contribution in [3.8, 4) is 0 Å². The Morgan fingerprint density at radius 2 is 1.59 bits per heavy atom.